The summed E-state index contributed by atoms with van der Waals surface area (Å²) in [6, 6.07) is 6.02. The number of fused-ring (bicyclic) bond motifs is 1. The summed E-state index contributed by atoms with van der Waals surface area (Å²) in [5, 5.41) is 1.07. The van der Waals surface area contributed by atoms with Crippen molar-refractivity contribution in [1.82, 2.24) is 9.97 Å². The summed E-state index contributed by atoms with van der Waals surface area (Å²) in [6.45, 7) is 2.08. The van der Waals surface area contributed by atoms with Crippen LogP contribution in [0.15, 0.2) is 24.5 Å². The highest BCUT2D eigenvalue weighted by Crippen LogP contribution is 2.31. The summed E-state index contributed by atoms with van der Waals surface area (Å²) in [6.07, 6.45) is 7.34. The van der Waals surface area contributed by atoms with Crippen LogP contribution >= 0.6 is 0 Å². The van der Waals surface area contributed by atoms with Crippen molar-refractivity contribution in [3.63, 3.8) is 0 Å². The van der Waals surface area contributed by atoms with Crippen LogP contribution in [0, 0.1) is 10.7 Å². The van der Waals surface area contributed by atoms with Crippen LogP contribution in [-0.2, 0) is 10.7 Å². The van der Waals surface area contributed by atoms with E-state index in [1.54, 1.807) is 13.4 Å². The first kappa shape index (κ1) is 16.2. The molecule has 1 aromatic heterocycles. The number of rotatable bonds is 5. The zero-order valence-corrected chi connectivity index (χ0v) is 14.9. The molecule has 0 bridgehead atoms. The molecular formula is C17H26N4OS. The molecule has 1 N–H and O–H groups in total. The minimum atomic E-state index is -0.833. The fraction of sp³-hybridized carbons (Fsp3) is 0.529. The lowest BCUT2D eigenvalue weighted by Crippen LogP contribution is -2.34. The summed E-state index contributed by atoms with van der Waals surface area (Å²) in [4.78, 5) is 11.3. The number of hydrogen-bond acceptors (Lipinski definition) is 5. The molecule has 23 heavy (non-hydrogen) atoms. The van der Waals surface area contributed by atoms with Gasteiger partial charge in [-0.25, -0.2) is 20.7 Å². The number of aromatic nitrogens is 2. The van der Waals surface area contributed by atoms with Crippen LogP contribution < -0.4 is 9.64 Å². The first-order chi connectivity index (χ1) is 11.2. The Kier molecular flexibility index (Phi) is 5.10. The lowest BCUT2D eigenvalue weighted by Gasteiger charge is -2.33. The number of hydrogen-bond donors (Lipinski definition) is 1. The molecule has 0 saturated carbocycles. The second-order valence-electron chi connectivity index (χ2n) is 6.30. The number of ether oxygens (including phenoxy) is 1. The standard InChI is InChI=1S/C17H26N4OS/c1-22-15-5-3-4-14-16(15)19-12-20-17(14)21-9-6-13(7-10-21)8-11-23(2)18/h3-5,12-13,18H,6-11,23H2,1-2H3. The molecule has 0 amide bonds. The maximum Gasteiger partial charge on any atom is 0.145 e. The van der Waals surface area contributed by atoms with Crippen molar-refractivity contribution in [2.75, 3.05) is 37.1 Å². The smallest absolute Gasteiger partial charge is 0.145 e. The van der Waals surface area contributed by atoms with Crippen LogP contribution in [0.3, 0.4) is 0 Å². The fourth-order valence-corrected chi connectivity index (χ4v) is 4.16. The largest absolute Gasteiger partial charge is 0.494 e. The average molecular weight is 334 g/mol. The van der Waals surface area contributed by atoms with Gasteiger partial charge in [-0.2, -0.15) is 0 Å². The van der Waals surface area contributed by atoms with Gasteiger partial charge >= 0.3 is 0 Å². The molecule has 0 atom stereocenters. The van der Waals surface area contributed by atoms with Crippen LogP contribution in [0.25, 0.3) is 10.9 Å². The van der Waals surface area contributed by atoms with Crippen molar-refractivity contribution < 1.29 is 4.74 Å². The summed E-state index contributed by atoms with van der Waals surface area (Å²) < 4.78 is 13.2. The molecule has 0 aliphatic carbocycles. The van der Waals surface area contributed by atoms with E-state index in [0.29, 0.717) is 0 Å². The maximum absolute atomic E-state index is 7.76. The molecule has 5 nitrogen and oxygen atoms in total. The predicted molar refractivity (Wildman–Crippen MR) is 99.3 cm³/mol. The van der Waals surface area contributed by atoms with Gasteiger partial charge in [0, 0.05) is 18.5 Å². The van der Waals surface area contributed by atoms with Gasteiger partial charge in [-0.1, -0.05) is 6.07 Å². The Morgan fingerprint density at radius 1 is 1.30 bits per heavy atom. The van der Waals surface area contributed by atoms with E-state index in [4.69, 9.17) is 9.52 Å². The summed E-state index contributed by atoms with van der Waals surface area (Å²) in [7, 11) is 0.846. The molecule has 0 radical (unpaired) electrons. The van der Waals surface area contributed by atoms with E-state index in [0.717, 1.165) is 47.2 Å². The minimum absolute atomic E-state index is 0.777. The molecule has 1 aliphatic heterocycles. The highest BCUT2D eigenvalue weighted by Gasteiger charge is 2.21. The molecule has 1 aromatic carbocycles. The SMILES string of the molecule is COc1cccc2c(N3CCC(CC[SH2](C)=N)CC3)ncnc12. The van der Waals surface area contributed by atoms with Crippen molar-refractivity contribution in [1.29, 1.82) is 4.78 Å². The number of piperidine rings is 1. The molecule has 1 aliphatic rings. The third-order valence-electron chi connectivity index (χ3n) is 4.67. The van der Waals surface area contributed by atoms with Crippen molar-refractivity contribution in [2.45, 2.75) is 19.3 Å². The second-order valence-corrected chi connectivity index (χ2v) is 8.36. The fourth-order valence-electron chi connectivity index (χ4n) is 3.32. The highest BCUT2D eigenvalue weighted by atomic mass is 32.2. The third-order valence-corrected chi connectivity index (χ3v) is 5.71. The van der Waals surface area contributed by atoms with Gasteiger partial charge in [0.2, 0.25) is 0 Å². The highest BCUT2D eigenvalue weighted by molar-refractivity contribution is 7.85. The summed E-state index contributed by atoms with van der Waals surface area (Å²) in [5.41, 5.74) is 0.884. The van der Waals surface area contributed by atoms with Crippen LogP contribution in [0.2, 0.25) is 0 Å². The number of anilines is 1. The Morgan fingerprint density at radius 3 is 2.78 bits per heavy atom. The van der Waals surface area contributed by atoms with Gasteiger partial charge in [-0.3, -0.25) is 0 Å². The van der Waals surface area contributed by atoms with E-state index >= 15 is 0 Å². The van der Waals surface area contributed by atoms with E-state index in [2.05, 4.69) is 27.2 Å². The Morgan fingerprint density at radius 2 is 2.09 bits per heavy atom. The summed E-state index contributed by atoms with van der Waals surface area (Å²) in [5.74, 6) is 3.71. The van der Waals surface area contributed by atoms with Crippen molar-refractivity contribution in [3.8, 4) is 5.75 Å². The molecule has 0 spiro atoms. The Labute approximate surface area is 140 Å². The first-order valence-electron chi connectivity index (χ1n) is 8.25. The zero-order chi connectivity index (χ0) is 16.2. The Hall–Kier alpha value is -1.69. The van der Waals surface area contributed by atoms with Gasteiger partial charge in [-0.05, 0) is 49.3 Å². The molecular weight excluding hydrogens is 308 g/mol. The molecule has 3 rings (SSSR count). The Bertz CT molecular complexity index is 698. The van der Waals surface area contributed by atoms with E-state index < -0.39 is 10.7 Å². The van der Waals surface area contributed by atoms with Crippen LogP contribution in [0.4, 0.5) is 5.82 Å². The van der Waals surface area contributed by atoms with Gasteiger partial charge in [-0.15, -0.1) is 0 Å². The normalized spacial score (nSPS) is 16.6. The number of nitrogens with one attached hydrogen (secondary N) is 1. The van der Waals surface area contributed by atoms with Gasteiger partial charge in [0.05, 0.1) is 7.11 Å². The van der Waals surface area contributed by atoms with Gasteiger partial charge in [0.25, 0.3) is 0 Å². The number of benzene rings is 1. The predicted octanol–water partition coefficient (Wildman–Crippen LogP) is 2.72. The van der Waals surface area contributed by atoms with E-state index in [9.17, 15) is 0 Å². The number of para-hydroxylation sites is 1. The minimum Gasteiger partial charge on any atom is -0.494 e. The molecule has 0 unspecified atom stereocenters. The first-order valence-corrected chi connectivity index (χ1v) is 10.5. The van der Waals surface area contributed by atoms with Crippen molar-refractivity contribution >= 4 is 27.4 Å². The van der Waals surface area contributed by atoms with E-state index in [1.165, 1.54) is 19.3 Å². The average Bonchev–Trinajstić information content (AvgIpc) is 2.59. The zero-order valence-electron chi connectivity index (χ0n) is 13.9. The summed E-state index contributed by atoms with van der Waals surface area (Å²) >= 11 is 0. The maximum atomic E-state index is 7.76. The lowest BCUT2D eigenvalue weighted by atomic mass is 9.94. The van der Waals surface area contributed by atoms with Gasteiger partial charge in [0.15, 0.2) is 0 Å². The third kappa shape index (κ3) is 3.63. The van der Waals surface area contributed by atoms with Crippen LogP contribution in [0.1, 0.15) is 19.3 Å². The second kappa shape index (κ2) is 7.25. The molecule has 126 valence electrons. The van der Waals surface area contributed by atoms with E-state index in [-0.39, 0.29) is 0 Å². The van der Waals surface area contributed by atoms with Gasteiger partial charge < -0.3 is 14.4 Å². The van der Waals surface area contributed by atoms with E-state index in [1.807, 2.05) is 12.1 Å². The topological polar surface area (TPSA) is 62.1 Å². The lowest BCUT2D eigenvalue weighted by molar-refractivity contribution is 0.396. The quantitative estimate of drug-likeness (QED) is 0.913. The number of nitrogens with zero attached hydrogens (tertiary/aromatic N) is 3. The van der Waals surface area contributed by atoms with Crippen LogP contribution in [0.5, 0.6) is 5.75 Å². The molecule has 2 heterocycles. The van der Waals surface area contributed by atoms with Gasteiger partial charge in [0.1, 0.15) is 23.4 Å². The molecule has 2 aromatic rings. The number of methoxy groups -OCH3 is 1. The molecule has 1 saturated heterocycles. The van der Waals surface area contributed by atoms with Crippen molar-refractivity contribution in [3.05, 3.63) is 24.5 Å². The van der Waals surface area contributed by atoms with Crippen LogP contribution in [-0.4, -0.2) is 42.2 Å². The Balaban J connectivity index is 1.76. The van der Waals surface area contributed by atoms with Crippen molar-refractivity contribution in [2.24, 2.45) is 5.92 Å². The molecule has 1 fully saturated rings. The monoisotopic (exact) mass is 334 g/mol. The molecule has 6 heteroatoms.